The van der Waals surface area contributed by atoms with Crippen LogP contribution in [0.2, 0.25) is 0 Å². The zero-order chi connectivity index (χ0) is 14.1. The Kier molecular flexibility index (Phi) is 3.49. The van der Waals surface area contributed by atoms with Crippen molar-refractivity contribution in [2.75, 3.05) is 6.61 Å². The Morgan fingerprint density at radius 3 is 3.00 bits per heavy atom. The molecule has 0 spiro atoms. The van der Waals surface area contributed by atoms with Crippen LogP contribution in [0.15, 0.2) is 30.3 Å². The summed E-state index contributed by atoms with van der Waals surface area (Å²) in [5, 5.41) is 14.8. The van der Waals surface area contributed by atoms with Crippen LogP contribution in [0.3, 0.4) is 0 Å². The third kappa shape index (κ3) is 2.43. The summed E-state index contributed by atoms with van der Waals surface area (Å²) in [7, 11) is 1.88. The van der Waals surface area contributed by atoms with E-state index in [1.54, 1.807) is 4.68 Å². The van der Waals surface area contributed by atoms with E-state index in [0.717, 1.165) is 30.2 Å². The Balaban J connectivity index is 1.80. The SMILES string of the molecule is Cc1cc(C(O)CC2CCOc3ccccc32)n(C)n1. The van der Waals surface area contributed by atoms with Gasteiger partial charge in [-0.15, -0.1) is 0 Å². The number of aryl methyl sites for hydroxylation is 2. The van der Waals surface area contributed by atoms with Crippen LogP contribution in [0, 0.1) is 6.92 Å². The lowest BCUT2D eigenvalue weighted by Crippen LogP contribution is -2.17. The fraction of sp³-hybridized carbons (Fsp3) is 0.438. The largest absolute Gasteiger partial charge is 0.493 e. The van der Waals surface area contributed by atoms with Crippen molar-refractivity contribution in [1.82, 2.24) is 9.78 Å². The smallest absolute Gasteiger partial charge is 0.122 e. The summed E-state index contributed by atoms with van der Waals surface area (Å²) in [5.74, 6) is 1.29. The average Bonchev–Trinajstić information content (AvgIpc) is 2.78. The van der Waals surface area contributed by atoms with Crippen molar-refractivity contribution in [2.45, 2.75) is 31.8 Å². The monoisotopic (exact) mass is 272 g/mol. The van der Waals surface area contributed by atoms with Crippen molar-refractivity contribution in [3.8, 4) is 5.75 Å². The van der Waals surface area contributed by atoms with Crippen LogP contribution in [-0.2, 0) is 7.05 Å². The molecule has 0 radical (unpaired) electrons. The van der Waals surface area contributed by atoms with Crippen molar-refractivity contribution in [1.29, 1.82) is 0 Å². The fourth-order valence-corrected chi connectivity index (χ4v) is 2.99. The maximum Gasteiger partial charge on any atom is 0.122 e. The van der Waals surface area contributed by atoms with Crippen LogP contribution < -0.4 is 4.74 Å². The van der Waals surface area contributed by atoms with Gasteiger partial charge in [-0.3, -0.25) is 4.68 Å². The van der Waals surface area contributed by atoms with Gasteiger partial charge in [0, 0.05) is 7.05 Å². The highest BCUT2D eigenvalue weighted by Crippen LogP contribution is 2.38. The Morgan fingerprint density at radius 2 is 2.25 bits per heavy atom. The lowest BCUT2D eigenvalue weighted by atomic mass is 9.87. The summed E-state index contributed by atoms with van der Waals surface area (Å²) in [6.45, 7) is 2.67. The predicted molar refractivity (Wildman–Crippen MR) is 76.8 cm³/mol. The zero-order valence-corrected chi connectivity index (χ0v) is 11.9. The van der Waals surface area contributed by atoms with Crippen LogP contribution in [0.5, 0.6) is 5.75 Å². The molecule has 2 aromatic rings. The first-order valence-electron chi connectivity index (χ1n) is 7.05. The van der Waals surface area contributed by atoms with E-state index in [2.05, 4.69) is 11.2 Å². The molecule has 2 unspecified atom stereocenters. The number of fused-ring (bicyclic) bond motifs is 1. The minimum Gasteiger partial charge on any atom is -0.493 e. The third-order valence-corrected chi connectivity index (χ3v) is 3.97. The Hall–Kier alpha value is -1.81. The standard InChI is InChI=1S/C16H20N2O2/c1-11-9-14(18(2)17-11)15(19)10-12-7-8-20-16-6-4-3-5-13(12)16/h3-6,9,12,15,19H,7-8,10H2,1-2H3. The minimum atomic E-state index is -0.489. The topological polar surface area (TPSA) is 47.3 Å². The molecule has 0 bridgehead atoms. The molecule has 0 saturated heterocycles. The first kappa shape index (κ1) is 13.2. The predicted octanol–water partition coefficient (Wildman–Crippen LogP) is 2.72. The number of benzene rings is 1. The molecule has 1 aliphatic heterocycles. The van der Waals surface area contributed by atoms with Gasteiger partial charge in [-0.2, -0.15) is 5.10 Å². The molecule has 1 aromatic carbocycles. The second-order valence-electron chi connectivity index (χ2n) is 5.46. The number of aliphatic hydroxyl groups is 1. The number of aromatic nitrogens is 2. The highest BCUT2D eigenvalue weighted by molar-refractivity contribution is 5.37. The molecule has 1 aliphatic rings. The van der Waals surface area contributed by atoms with Gasteiger partial charge in [-0.25, -0.2) is 0 Å². The number of ether oxygens (including phenoxy) is 1. The normalized spacial score (nSPS) is 19.2. The van der Waals surface area contributed by atoms with E-state index in [0.29, 0.717) is 12.3 Å². The van der Waals surface area contributed by atoms with Gasteiger partial charge in [0.25, 0.3) is 0 Å². The van der Waals surface area contributed by atoms with Gasteiger partial charge in [0.2, 0.25) is 0 Å². The highest BCUT2D eigenvalue weighted by Gasteiger charge is 2.25. The molecule has 3 rings (SSSR count). The summed E-state index contributed by atoms with van der Waals surface area (Å²) >= 11 is 0. The lowest BCUT2D eigenvalue weighted by Gasteiger charge is -2.27. The van der Waals surface area contributed by atoms with Crippen LogP contribution in [0.4, 0.5) is 0 Å². The summed E-state index contributed by atoms with van der Waals surface area (Å²) in [6.07, 6.45) is 1.17. The molecule has 1 aromatic heterocycles. The molecule has 20 heavy (non-hydrogen) atoms. The Morgan fingerprint density at radius 1 is 1.45 bits per heavy atom. The van der Waals surface area contributed by atoms with Gasteiger partial charge in [0.05, 0.1) is 24.1 Å². The van der Waals surface area contributed by atoms with Gasteiger partial charge >= 0.3 is 0 Å². The van der Waals surface area contributed by atoms with Gasteiger partial charge < -0.3 is 9.84 Å². The summed E-state index contributed by atoms with van der Waals surface area (Å²) in [6, 6.07) is 10.1. The number of para-hydroxylation sites is 1. The van der Waals surface area contributed by atoms with Gasteiger partial charge in [0.15, 0.2) is 0 Å². The molecule has 4 nitrogen and oxygen atoms in total. The zero-order valence-electron chi connectivity index (χ0n) is 11.9. The maximum absolute atomic E-state index is 10.5. The number of nitrogens with zero attached hydrogens (tertiary/aromatic N) is 2. The van der Waals surface area contributed by atoms with E-state index in [4.69, 9.17) is 4.74 Å². The molecule has 0 fully saturated rings. The van der Waals surface area contributed by atoms with Crippen molar-refractivity contribution in [3.05, 3.63) is 47.3 Å². The third-order valence-electron chi connectivity index (χ3n) is 3.97. The molecular formula is C16H20N2O2. The highest BCUT2D eigenvalue weighted by atomic mass is 16.5. The molecule has 2 heterocycles. The van der Waals surface area contributed by atoms with Crippen LogP contribution >= 0.6 is 0 Å². The second-order valence-corrected chi connectivity index (χ2v) is 5.46. The molecule has 1 N–H and O–H groups in total. The number of hydrogen-bond donors (Lipinski definition) is 1. The second kappa shape index (κ2) is 5.29. The van der Waals surface area contributed by atoms with Gasteiger partial charge in [0.1, 0.15) is 5.75 Å². The molecular weight excluding hydrogens is 252 g/mol. The minimum absolute atomic E-state index is 0.338. The van der Waals surface area contributed by atoms with E-state index >= 15 is 0 Å². The molecule has 0 amide bonds. The molecule has 0 saturated carbocycles. The first-order chi connectivity index (χ1) is 9.65. The number of hydrogen-bond acceptors (Lipinski definition) is 3. The molecule has 2 atom stereocenters. The van der Waals surface area contributed by atoms with Crippen molar-refractivity contribution in [2.24, 2.45) is 7.05 Å². The van der Waals surface area contributed by atoms with Crippen LogP contribution in [0.1, 0.15) is 41.8 Å². The molecule has 4 heteroatoms. The maximum atomic E-state index is 10.5. The fourth-order valence-electron chi connectivity index (χ4n) is 2.99. The van der Waals surface area contributed by atoms with Crippen molar-refractivity contribution < 1.29 is 9.84 Å². The van der Waals surface area contributed by atoms with E-state index in [9.17, 15) is 5.11 Å². The summed E-state index contributed by atoms with van der Waals surface area (Å²) in [5.41, 5.74) is 3.03. The van der Waals surface area contributed by atoms with Crippen LogP contribution in [-0.4, -0.2) is 21.5 Å². The van der Waals surface area contributed by atoms with E-state index in [-0.39, 0.29) is 0 Å². The number of rotatable bonds is 3. The van der Waals surface area contributed by atoms with Crippen molar-refractivity contribution >= 4 is 0 Å². The summed E-state index contributed by atoms with van der Waals surface area (Å²) < 4.78 is 7.44. The van der Waals surface area contributed by atoms with E-state index < -0.39 is 6.10 Å². The van der Waals surface area contributed by atoms with Crippen molar-refractivity contribution in [3.63, 3.8) is 0 Å². The summed E-state index contributed by atoms with van der Waals surface area (Å²) in [4.78, 5) is 0. The lowest BCUT2D eigenvalue weighted by molar-refractivity contribution is 0.137. The van der Waals surface area contributed by atoms with E-state index in [1.807, 2.05) is 38.2 Å². The van der Waals surface area contributed by atoms with E-state index in [1.165, 1.54) is 5.56 Å². The Bertz CT molecular complexity index is 606. The van der Waals surface area contributed by atoms with Crippen LogP contribution in [0.25, 0.3) is 0 Å². The van der Waals surface area contributed by atoms with Gasteiger partial charge in [-0.05, 0) is 43.4 Å². The number of aliphatic hydroxyl groups excluding tert-OH is 1. The van der Waals surface area contributed by atoms with Gasteiger partial charge in [-0.1, -0.05) is 18.2 Å². The average molecular weight is 272 g/mol. The first-order valence-corrected chi connectivity index (χ1v) is 7.05. The quantitative estimate of drug-likeness (QED) is 0.934. The Labute approximate surface area is 119 Å². The molecule has 106 valence electrons. The molecule has 0 aliphatic carbocycles.